The van der Waals surface area contributed by atoms with E-state index in [1.54, 1.807) is 30.3 Å². The first-order valence-electron chi connectivity index (χ1n) is 8.54. The summed E-state index contributed by atoms with van der Waals surface area (Å²) in [5, 5.41) is 21.8. The van der Waals surface area contributed by atoms with E-state index in [9.17, 15) is 23.3 Å². The predicted octanol–water partition coefficient (Wildman–Crippen LogP) is 1.48. The molecule has 10 nitrogen and oxygen atoms in total. The maximum atomic E-state index is 12.7. The largest absolute Gasteiger partial charge is 0.303 e. The summed E-state index contributed by atoms with van der Waals surface area (Å²) in [7, 11) is -3.95. The highest BCUT2D eigenvalue weighted by Crippen LogP contribution is 2.22. The first kappa shape index (κ1) is 20.6. The number of aldehydes is 1. The van der Waals surface area contributed by atoms with Gasteiger partial charge in [-0.1, -0.05) is 36.6 Å². The van der Waals surface area contributed by atoms with E-state index in [4.69, 9.17) is 0 Å². The lowest BCUT2D eigenvalue weighted by Gasteiger charge is -2.18. The van der Waals surface area contributed by atoms with Gasteiger partial charge in [-0.25, -0.2) is 8.42 Å². The fraction of sp³-hybridized carbons (Fsp3) is 0.500. The standard InChI is InChI=1S/C16H21N5O5S/c1-2-6-13(9-11-22)15(21(23)24)10-12-27(25,26)16-17-18-19-20(16)14-7-4-3-5-8-14/h3-5,7-8,11,13,15H,2,6,9-10,12H2,1H3/t13-,15?/m0/s1. The smallest absolute Gasteiger partial charge is 0.272 e. The Morgan fingerprint density at radius 1 is 1.26 bits per heavy atom. The van der Waals surface area contributed by atoms with E-state index in [2.05, 4.69) is 15.5 Å². The number of hydrogen-bond acceptors (Lipinski definition) is 8. The second kappa shape index (κ2) is 9.31. The second-order valence-electron chi connectivity index (χ2n) is 6.12. The second-order valence-corrected chi connectivity index (χ2v) is 8.12. The molecule has 0 N–H and O–H groups in total. The van der Waals surface area contributed by atoms with Gasteiger partial charge in [0.15, 0.2) is 0 Å². The van der Waals surface area contributed by atoms with Crippen LogP contribution in [0.4, 0.5) is 0 Å². The Labute approximate surface area is 156 Å². The fourth-order valence-electron chi connectivity index (χ4n) is 2.95. The number of aromatic nitrogens is 4. The summed E-state index contributed by atoms with van der Waals surface area (Å²) in [6.45, 7) is 1.86. The first-order valence-corrected chi connectivity index (χ1v) is 10.2. The summed E-state index contributed by atoms with van der Waals surface area (Å²) < 4.78 is 26.5. The van der Waals surface area contributed by atoms with Crippen LogP contribution in [0, 0.1) is 16.0 Å². The number of hydrogen-bond donors (Lipinski definition) is 0. The van der Waals surface area contributed by atoms with Gasteiger partial charge in [0, 0.05) is 23.7 Å². The molecule has 27 heavy (non-hydrogen) atoms. The maximum absolute atomic E-state index is 12.7. The molecule has 0 aliphatic carbocycles. The molecule has 2 atom stereocenters. The number of nitro groups is 1. The average molecular weight is 395 g/mol. The van der Waals surface area contributed by atoms with Crippen LogP contribution in [0.5, 0.6) is 0 Å². The molecule has 0 spiro atoms. The van der Waals surface area contributed by atoms with Crippen LogP contribution < -0.4 is 0 Å². The van der Waals surface area contributed by atoms with Crippen molar-refractivity contribution in [3.63, 3.8) is 0 Å². The molecular formula is C16H21N5O5S. The van der Waals surface area contributed by atoms with Crippen molar-refractivity contribution in [2.75, 3.05) is 5.75 Å². The van der Waals surface area contributed by atoms with Crippen LogP contribution in [-0.4, -0.2) is 51.6 Å². The van der Waals surface area contributed by atoms with E-state index in [-0.39, 0.29) is 18.0 Å². The highest BCUT2D eigenvalue weighted by molar-refractivity contribution is 7.91. The van der Waals surface area contributed by atoms with E-state index < -0.39 is 32.5 Å². The molecule has 1 aromatic carbocycles. The van der Waals surface area contributed by atoms with E-state index in [0.29, 0.717) is 24.8 Å². The molecule has 0 aliphatic rings. The highest BCUT2D eigenvalue weighted by atomic mass is 32.2. The number of nitrogens with zero attached hydrogens (tertiary/aromatic N) is 5. The Morgan fingerprint density at radius 2 is 1.96 bits per heavy atom. The van der Waals surface area contributed by atoms with Crippen molar-refractivity contribution in [3.05, 3.63) is 40.4 Å². The minimum absolute atomic E-state index is 0.0291. The lowest BCUT2D eigenvalue weighted by molar-refractivity contribution is -0.532. The normalized spacial score (nSPS) is 13.8. The van der Waals surface area contributed by atoms with Gasteiger partial charge in [-0.05, 0) is 29.0 Å². The molecule has 146 valence electrons. The molecular weight excluding hydrogens is 374 g/mol. The molecule has 0 radical (unpaired) electrons. The van der Waals surface area contributed by atoms with Crippen LogP contribution in [-0.2, 0) is 14.6 Å². The van der Waals surface area contributed by atoms with Gasteiger partial charge >= 0.3 is 0 Å². The Bertz CT molecular complexity index is 868. The van der Waals surface area contributed by atoms with Crippen molar-refractivity contribution in [2.24, 2.45) is 5.92 Å². The predicted molar refractivity (Wildman–Crippen MR) is 95.7 cm³/mol. The Kier molecular flexibility index (Phi) is 7.11. The summed E-state index contributed by atoms with van der Waals surface area (Å²) in [5.74, 6) is -0.979. The minimum atomic E-state index is -3.95. The third kappa shape index (κ3) is 5.16. The Morgan fingerprint density at radius 3 is 2.56 bits per heavy atom. The number of benzene rings is 1. The number of carbonyl (C=O) groups excluding carboxylic acids is 1. The molecule has 0 fully saturated rings. The highest BCUT2D eigenvalue weighted by Gasteiger charge is 2.34. The van der Waals surface area contributed by atoms with Gasteiger partial charge in [-0.15, -0.1) is 0 Å². The molecule has 11 heteroatoms. The minimum Gasteiger partial charge on any atom is -0.303 e. The van der Waals surface area contributed by atoms with Crippen molar-refractivity contribution < 1.29 is 18.1 Å². The van der Waals surface area contributed by atoms with Crippen molar-refractivity contribution in [1.29, 1.82) is 0 Å². The quantitative estimate of drug-likeness (QED) is 0.317. The van der Waals surface area contributed by atoms with Crippen molar-refractivity contribution >= 4 is 16.1 Å². The molecule has 1 heterocycles. The van der Waals surface area contributed by atoms with Gasteiger partial charge in [0.1, 0.15) is 6.29 Å². The molecule has 0 saturated carbocycles. The number of tetrazole rings is 1. The monoisotopic (exact) mass is 395 g/mol. The zero-order valence-corrected chi connectivity index (χ0v) is 15.7. The Balaban J connectivity index is 2.22. The summed E-state index contributed by atoms with van der Waals surface area (Å²) in [6.07, 6.45) is 1.60. The summed E-state index contributed by atoms with van der Waals surface area (Å²) >= 11 is 0. The molecule has 0 aliphatic heterocycles. The van der Waals surface area contributed by atoms with Crippen LogP contribution in [0.15, 0.2) is 35.5 Å². The SMILES string of the molecule is CCC[C@@H](CC=O)C(CCS(=O)(=O)c1nnnn1-c1ccccc1)[N+](=O)[O-]. The molecule has 0 amide bonds. The van der Waals surface area contributed by atoms with Crippen molar-refractivity contribution in [1.82, 2.24) is 20.2 Å². The first-order chi connectivity index (χ1) is 12.9. The van der Waals surface area contributed by atoms with Gasteiger partial charge < -0.3 is 4.79 Å². The number of sulfone groups is 1. The Hall–Kier alpha value is -2.69. The molecule has 0 saturated heterocycles. The number of rotatable bonds is 11. The maximum Gasteiger partial charge on any atom is 0.272 e. The van der Waals surface area contributed by atoms with Gasteiger partial charge in [0.05, 0.1) is 11.4 Å². The lowest BCUT2D eigenvalue weighted by Crippen LogP contribution is -2.32. The van der Waals surface area contributed by atoms with Gasteiger partial charge in [0.25, 0.3) is 5.16 Å². The van der Waals surface area contributed by atoms with Gasteiger partial charge in [0.2, 0.25) is 15.9 Å². The third-order valence-corrected chi connectivity index (χ3v) is 5.86. The number of para-hydroxylation sites is 1. The zero-order chi connectivity index (χ0) is 19.9. The van der Waals surface area contributed by atoms with Crippen molar-refractivity contribution in [2.45, 2.75) is 43.8 Å². The molecule has 2 aromatic rings. The van der Waals surface area contributed by atoms with Crippen LogP contribution in [0.2, 0.25) is 0 Å². The van der Waals surface area contributed by atoms with Crippen LogP contribution >= 0.6 is 0 Å². The van der Waals surface area contributed by atoms with Crippen LogP contribution in [0.1, 0.15) is 32.6 Å². The van der Waals surface area contributed by atoms with E-state index >= 15 is 0 Å². The topological polar surface area (TPSA) is 138 Å². The molecule has 1 unspecified atom stereocenters. The van der Waals surface area contributed by atoms with E-state index in [0.717, 1.165) is 4.68 Å². The average Bonchev–Trinajstić information content (AvgIpc) is 3.13. The van der Waals surface area contributed by atoms with E-state index in [1.807, 2.05) is 6.92 Å². The van der Waals surface area contributed by atoms with Crippen molar-refractivity contribution in [3.8, 4) is 5.69 Å². The fourth-order valence-corrected chi connectivity index (χ4v) is 4.25. The lowest BCUT2D eigenvalue weighted by atomic mass is 9.91. The summed E-state index contributed by atoms with van der Waals surface area (Å²) in [5.41, 5.74) is 0.469. The molecule has 1 aromatic heterocycles. The molecule has 0 bridgehead atoms. The van der Waals surface area contributed by atoms with Crippen LogP contribution in [0.25, 0.3) is 5.69 Å². The summed E-state index contributed by atoms with van der Waals surface area (Å²) in [6, 6.07) is 7.37. The zero-order valence-electron chi connectivity index (χ0n) is 14.8. The van der Waals surface area contributed by atoms with Crippen LogP contribution in [0.3, 0.4) is 0 Å². The van der Waals surface area contributed by atoms with E-state index in [1.165, 1.54) is 0 Å². The van der Waals surface area contributed by atoms with Gasteiger partial charge in [-0.2, -0.15) is 4.68 Å². The summed E-state index contributed by atoms with van der Waals surface area (Å²) in [4.78, 5) is 21.8. The molecule has 2 rings (SSSR count). The third-order valence-electron chi connectivity index (χ3n) is 4.28. The number of carbonyl (C=O) groups is 1. The van der Waals surface area contributed by atoms with Gasteiger partial charge in [-0.3, -0.25) is 10.1 Å².